The van der Waals surface area contributed by atoms with Crippen LogP contribution < -0.4 is 5.32 Å². The van der Waals surface area contributed by atoms with Gasteiger partial charge in [0.2, 0.25) is 0 Å². The number of aryl methyl sites for hydroxylation is 4. The Morgan fingerprint density at radius 2 is 1.38 bits per heavy atom. The first-order valence-electron chi connectivity index (χ1n) is 7.79. The van der Waals surface area contributed by atoms with E-state index in [4.69, 9.17) is 0 Å². The molecule has 1 nitrogen and oxygen atoms in total. The number of hydrogen-bond donors (Lipinski definition) is 1. The Hall–Kier alpha value is -1.60. The summed E-state index contributed by atoms with van der Waals surface area (Å²) in [6, 6.07) is 14.0. The molecule has 2 rings (SSSR count). The molecule has 2 aromatic carbocycles. The predicted molar refractivity (Wildman–Crippen MR) is 91.8 cm³/mol. The van der Waals surface area contributed by atoms with Crippen molar-refractivity contribution in [3.05, 3.63) is 69.8 Å². The first-order chi connectivity index (χ1) is 9.88. The summed E-state index contributed by atoms with van der Waals surface area (Å²) in [6.45, 7) is 13.2. The van der Waals surface area contributed by atoms with Crippen LogP contribution in [0.1, 0.15) is 59.3 Å². The van der Waals surface area contributed by atoms with Crippen molar-refractivity contribution in [1.29, 1.82) is 0 Å². The van der Waals surface area contributed by atoms with Crippen LogP contribution in [0.3, 0.4) is 0 Å². The highest BCUT2D eigenvalue weighted by atomic mass is 14.9. The van der Waals surface area contributed by atoms with Crippen molar-refractivity contribution in [2.24, 2.45) is 0 Å². The molecule has 1 unspecified atom stereocenters. The maximum absolute atomic E-state index is 3.74. The third-order valence-corrected chi connectivity index (χ3v) is 4.21. The topological polar surface area (TPSA) is 12.0 Å². The van der Waals surface area contributed by atoms with Gasteiger partial charge in [0.1, 0.15) is 0 Å². The third-order valence-electron chi connectivity index (χ3n) is 4.21. The molecule has 0 bridgehead atoms. The van der Waals surface area contributed by atoms with Crippen molar-refractivity contribution in [2.75, 3.05) is 0 Å². The van der Waals surface area contributed by atoms with Crippen LogP contribution >= 0.6 is 0 Å². The van der Waals surface area contributed by atoms with Crippen molar-refractivity contribution < 1.29 is 0 Å². The lowest BCUT2D eigenvalue weighted by atomic mass is 9.94. The Morgan fingerprint density at radius 3 is 1.95 bits per heavy atom. The van der Waals surface area contributed by atoms with Gasteiger partial charge < -0.3 is 5.32 Å². The van der Waals surface area contributed by atoms with E-state index < -0.39 is 0 Å². The summed E-state index contributed by atoms with van der Waals surface area (Å²) in [5.41, 5.74) is 8.20. The first kappa shape index (κ1) is 15.8. The zero-order chi connectivity index (χ0) is 15.6. The highest BCUT2D eigenvalue weighted by Gasteiger charge is 2.15. The Balaban J connectivity index is 2.20. The van der Waals surface area contributed by atoms with Gasteiger partial charge in [-0.1, -0.05) is 47.5 Å². The molecule has 0 radical (unpaired) electrons. The molecular weight excluding hydrogens is 254 g/mol. The summed E-state index contributed by atoms with van der Waals surface area (Å²) < 4.78 is 0. The van der Waals surface area contributed by atoms with Crippen molar-refractivity contribution in [3.63, 3.8) is 0 Å². The van der Waals surface area contributed by atoms with Crippen molar-refractivity contribution >= 4 is 0 Å². The second-order valence-electron chi connectivity index (χ2n) is 6.34. The molecule has 0 amide bonds. The van der Waals surface area contributed by atoms with E-state index in [1.807, 2.05) is 0 Å². The standard InChI is InChI=1S/C20H27N/c1-13-8-7-9-19(12-13)17(5)21-18(6)20-15(3)10-14(2)11-16(20)4/h7-12,17-18,21H,1-6H3/t17-,18?/m1/s1. The molecule has 0 aliphatic carbocycles. The fraction of sp³-hybridized carbons (Fsp3) is 0.400. The number of hydrogen-bond acceptors (Lipinski definition) is 1. The van der Waals surface area contributed by atoms with Crippen LogP contribution in [-0.4, -0.2) is 0 Å². The summed E-state index contributed by atoms with van der Waals surface area (Å²) in [6.07, 6.45) is 0. The summed E-state index contributed by atoms with van der Waals surface area (Å²) in [7, 11) is 0. The predicted octanol–water partition coefficient (Wildman–Crippen LogP) is 5.33. The van der Waals surface area contributed by atoms with Crippen LogP contribution in [0.25, 0.3) is 0 Å². The van der Waals surface area contributed by atoms with E-state index in [2.05, 4.69) is 83.3 Å². The molecule has 0 saturated carbocycles. The number of benzene rings is 2. The lowest BCUT2D eigenvalue weighted by Crippen LogP contribution is -2.24. The van der Waals surface area contributed by atoms with Gasteiger partial charge in [-0.2, -0.15) is 0 Å². The van der Waals surface area contributed by atoms with Crippen molar-refractivity contribution in [3.8, 4) is 0 Å². The Morgan fingerprint density at radius 1 is 0.762 bits per heavy atom. The highest BCUT2D eigenvalue weighted by Crippen LogP contribution is 2.26. The molecular formula is C20H27N. The third kappa shape index (κ3) is 3.74. The zero-order valence-corrected chi connectivity index (χ0v) is 14.1. The van der Waals surface area contributed by atoms with E-state index in [1.165, 1.54) is 33.4 Å². The first-order valence-corrected chi connectivity index (χ1v) is 7.79. The smallest absolute Gasteiger partial charge is 0.0302 e. The zero-order valence-electron chi connectivity index (χ0n) is 14.1. The fourth-order valence-electron chi connectivity index (χ4n) is 3.37. The molecule has 0 aliphatic rings. The molecule has 0 saturated heterocycles. The Labute approximate surface area is 129 Å². The summed E-state index contributed by atoms with van der Waals surface area (Å²) in [5, 5.41) is 3.74. The molecule has 1 N–H and O–H groups in total. The summed E-state index contributed by atoms with van der Waals surface area (Å²) >= 11 is 0. The number of nitrogens with one attached hydrogen (secondary N) is 1. The van der Waals surface area contributed by atoms with Gasteiger partial charge in [0.15, 0.2) is 0 Å². The molecule has 0 fully saturated rings. The Kier molecular flexibility index (Phi) is 4.84. The van der Waals surface area contributed by atoms with Crippen molar-refractivity contribution in [1.82, 2.24) is 5.32 Å². The Bertz CT molecular complexity index is 604. The van der Waals surface area contributed by atoms with Gasteiger partial charge in [-0.25, -0.2) is 0 Å². The monoisotopic (exact) mass is 281 g/mol. The van der Waals surface area contributed by atoms with Gasteiger partial charge in [0.25, 0.3) is 0 Å². The van der Waals surface area contributed by atoms with Crippen LogP contribution in [0.5, 0.6) is 0 Å². The van der Waals surface area contributed by atoms with Gasteiger partial charge >= 0.3 is 0 Å². The summed E-state index contributed by atoms with van der Waals surface area (Å²) in [4.78, 5) is 0. The van der Waals surface area contributed by atoms with Crippen LogP contribution in [0.2, 0.25) is 0 Å². The average molecular weight is 281 g/mol. The van der Waals surface area contributed by atoms with E-state index in [1.54, 1.807) is 0 Å². The van der Waals surface area contributed by atoms with E-state index in [0.717, 1.165) is 0 Å². The van der Waals surface area contributed by atoms with Crippen LogP contribution in [0.4, 0.5) is 0 Å². The molecule has 2 atom stereocenters. The van der Waals surface area contributed by atoms with Crippen LogP contribution in [0.15, 0.2) is 36.4 Å². The van der Waals surface area contributed by atoms with Gasteiger partial charge in [0.05, 0.1) is 0 Å². The average Bonchev–Trinajstić information content (AvgIpc) is 2.37. The lowest BCUT2D eigenvalue weighted by molar-refractivity contribution is 0.491. The fourth-order valence-corrected chi connectivity index (χ4v) is 3.37. The van der Waals surface area contributed by atoms with Crippen LogP contribution in [-0.2, 0) is 0 Å². The summed E-state index contributed by atoms with van der Waals surface area (Å²) in [5.74, 6) is 0. The minimum absolute atomic E-state index is 0.347. The molecule has 1 heteroatoms. The van der Waals surface area contributed by atoms with Gasteiger partial charge in [0, 0.05) is 12.1 Å². The van der Waals surface area contributed by atoms with E-state index in [-0.39, 0.29) is 0 Å². The largest absolute Gasteiger partial charge is 0.304 e. The second kappa shape index (κ2) is 6.44. The van der Waals surface area contributed by atoms with E-state index >= 15 is 0 Å². The normalized spacial score (nSPS) is 14.0. The minimum Gasteiger partial charge on any atom is -0.304 e. The molecule has 112 valence electrons. The maximum atomic E-state index is 3.74. The van der Waals surface area contributed by atoms with Gasteiger partial charge in [-0.3, -0.25) is 0 Å². The van der Waals surface area contributed by atoms with E-state index in [9.17, 15) is 0 Å². The SMILES string of the molecule is Cc1cccc([C@@H](C)NC(C)c2c(C)cc(C)cc2C)c1. The minimum atomic E-state index is 0.347. The maximum Gasteiger partial charge on any atom is 0.0302 e. The molecule has 0 spiro atoms. The molecule has 0 aromatic heterocycles. The highest BCUT2D eigenvalue weighted by molar-refractivity contribution is 5.39. The molecule has 0 heterocycles. The quantitative estimate of drug-likeness (QED) is 0.798. The lowest BCUT2D eigenvalue weighted by Gasteiger charge is -2.24. The van der Waals surface area contributed by atoms with Crippen LogP contribution in [0, 0.1) is 27.7 Å². The van der Waals surface area contributed by atoms with Crippen molar-refractivity contribution in [2.45, 2.75) is 53.6 Å². The molecule has 0 aliphatic heterocycles. The second-order valence-corrected chi connectivity index (χ2v) is 6.34. The van der Waals surface area contributed by atoms with Gasteiger partial charge in [-0.15, -0.1) is 0 Å². The number of rotatable bonds is 4. The van der Waals surface area contributed by atoms with E-state index in [0.29, 0.717) is 12.1 Å². The molecule has 21 heavy (non-hydrogen) atoms. The molecule has 2 aromatic rings. The van der Waals surface area contributed by atoms with Gasteiger partial charge in [-0.05, 0) is 63.8 Å².